The third-order valence-electron chi connectivity index (χ3n) is 2.70. The maximum Gasteiger partial charge on any atom is 0.334 e. The lowest BCUT2D eigenvalue weighted by atomic mass is 10.5. The van der Waals surface area contributed by atoms with E-state index in [4.69, 9.17) is 5.11 Å². The highest BCUT2D eigenvalue weighted by atomic mass is 16.3. The van der Waals surface area contributed by atoms with Crippen LogP contribution in [0, 0.1) is 0 Å². The molecule has 2 heterocycles. The number of aliphatic hydroxyl groups is 1. The minimum atomic E-state index is -0.134. The van der Waals surface area contributed by atoms with Gasteiger partial charge in [0, 0.05) is 18.4 Å². The number of hydrogen-bond donors (Lipinski definition) is 1. The zero-order valence-corrected chi connectivity index (χ0v) is 8.13. The van der Waals surface area contributed by atoms with Gasteiger partial charge in [-0.2, -0.15) is 0 Å². The van der Waals surface area contributed by atoms with E-state index in [9.17, 15) is 4.79 Å². The van der Waals surface area contributed by atoms with Crippen LogP contribution in [0.2, 0.25) is 0 Å². The van der Waals surface area contributed by atoms with Crippen molar-refractivity contribution in [1.82, 2.24) is 14.0 Å². The van der Waals surface area contributed by atoms with E-state index in [2.05, 4.69) is 4.98 Å². The lowest BCUT2D eigenvalue weighted by molar-refractivity contribution is 0.277. The number of imidazole rings is 1. The average molecular weight is 205 g/mol. The van der Waals surface area contributed by atoms with Crippen LogP contribution in [0.25, 0.3) is 5.65 Å². The molecule has 3 rings (SSSR count). The summed E-state index contributed by atoms with van der Waals surface area (Å²) in [6.07, 6.45) is 5.53. The minimum absolute atomic E-state index is 0.0674. The zero-order valence-electron chi connectivity index (χ0n) is 8.13. The molecule has 0 spiro atoms. The van der Waals surface area contributed by atoms with Crippen molar-refractivity contribution in [3.05, 3.63) is 34.6 Å². The van der Waals surface area contributed by atoms with Gasteiger partial charge in [0.2, 0.25) is 0 Å². The van der Waals surface area contributed by atoms with Gasteiger partial charge in [-0.3, -0.25) is 8.97 Å². The molecule has 0 aliphatic heterocycles. The van der Waals surface area contributed by atoms with E-state index in [1.54, 1.807) is 23.0 Å². The molecule has 1 aliphatic carbocycles. The van der Waals surface area contributed by atoms with Crippen LogP contribution < -0.4 is 5.69 Å². The van der Waals surface area contributed by atoms with Crippen molar-refractivity contribution >= 4 is 5.65 Å². The topological polar surface area (TPSA) is 59.5 Å². The second-order valence-corrected chi connectivity index (χ2v) is 3.86. The Labute approximate surface area is 85.6 Å². The largest absolute Gasteiger partial charge is 0.390 e. The molecule has 0 radical (unpaired) electrons. The fourth-order valence-electron chi connectivity index (χ4n) is 1.76. The van der Waals surface area contributed by atoms with Crippen LogP contribution in [0.1, 0.15) is 24.6 Å². The second kappa shape index (κ2) is 2.93. The molecule has 78 valence electrons. The van der Waals surface area contributed by atoms with Gasteiger partial charge in [0.15, 0.2) is 0 Å². The van der Waals surface area contributed by atoms with Gasteiger partial charge < -0.3 is 5.11 Å². The fourth-order valence-corrected chi connectivity index (χ4v) is 1.76. The summed E-state index contributed by atoms with van der Waals surface area (Å²) >= 11 is 0. The monoisotopic (exact) mass is 205 g/mol. The first-order valence-corrected chi connectivity index (χ1v) is 4.99. The molecule has 0 bridgehead atoms. The molecule has 5 heteroatoms. The van der Waals surface area contributed by atoms with E-state index in [-0.39, 0.29) is 12.3 Å². The van der Waals surface area contributed by atoms with Gasteiger partial charge in [0.05, 0.1) is 12.3 Å². The molecular weight excluding hydrogens is 194 g/mol. The van der Waals surface area contributed by atoms with Crippen LogP contribution in [0.4, 0.5) is 0 Å². The van der Waals surface area contributed by atoms with Crippen molar-refractivity contribution in [2.24, 2.45) is 0 Å². The Kier molecular flexibility index (Phi) is 1.70. The highest BCUT2D eigenvalue weighted by Crippen LogP contribution is 2.33. The summed E-state index contributed by atoms with van der Waals surface area (Å²) in [5.41, 5.74) is 1.06. The molecule has 1 N–H and O–H groups in total. The van der Waals surface area contributed by atoms with E-state index in [0.717, 1.165) is 12.8 Å². The van der Waals surface area contributed by atoms with Gasteiger partial charge in [-0.05, 0) is 18.9 Å². The molecule has 15 heavy (non-hydrogen) atoms. The van der Waals surface area contributed by atoms with Crippen molar-refractivity contribution in [2.75, 3.05) is 0 Å². The third-order valence-corrected chi connectivity index (χ3v) is 2.70. The smallest absolute Gasteiger partial charge is 0.334 e. The van der Waals surface area contributed by atoms with Crippen LogP contribution in [0.15, 0.2) is 23.3 Å². The molecule has 0 aromatic carbocycles. The fraction of sp³-hybridized carbons (Fsp3) is 0.400. The van der Waals surface area contributed by atoms with E-state index < -0.39 is 0 Å². The normalized spacial score (nSPS) is 16.1. The Bertz CT molecular complexity index is 566. The molecule has 1 fully saturated rings. The van der Waals surface area contributed by atoms with Gasteiger partial charge in [-0.15, -0.1) is 0 Å². The Balaban J connectivity index is 2.26. The molecular formula is C10H11N3O2. The lowest BCUT2D eigenvalue weighted by Crippen LogP contribution is -2.24. The number of rotatable bonds is 2. The Morgan fingerprint density at radius 3 is 3.00 bits per heavy atom. The Hall–Kier alpha value is -1.62. The summed E-state index contributed by atoms with van der Waals surface area (Å²) in [5, 5.41) is 8.94. The van der Waals surface area contributed by atoms with Crippen LogP contribution in [-0.2, 0) is 6.61 Å². The maximum atomic E-state index is 11.9. The number of aromatic nitrogens is 3. The number of fused-ring (bicyclic) bond motifs is 1. The molecule has 1 saturated carbocycles. The molecule has 0 atom stereocenters. The number of hydrogen-bond acceptors (Lipinski definition) is 3. The van der Waals surface area contributed by atoms with Gasteiger partial charge in [0.1, 0.15) is 5.65 Å². The third kappa shape index (κ3) is 1.27. The highest BCUT2D eigenvalue weighted by molar-refractivity contribution is 5.38. The SMILES string of the molecule is O=c1n(C2CC2)ccc2nc(CO)cn12. The van der Waals surface area contributed by atoms with Crippen molar-refractivity contribution < 1.29 is 5.11 Å². The molecule has 0 unspecified atom stereocenters. The zero-order chi connectivity index (χ0) is 10.4. The standard InChI is InChI=1S/C10H11N3O2/c14-6-7-5-13-9(11-7)3-4-12(10(13)15)8-1-2-8/h3-5,8,14H,1-2,6H2. The average Bonchev–Trinajstić information content (AvgIpc) is 2.97. The van der Waals surface area contributed by atoms with Crippen molar-refractivity contribution in [3.63, 3.8) is 0 Å². The number of nitrogens with zero attached hydrogens (tertiary/aromatic N) is 3. The second-order valence-electron chi connectivity index (χ2n) is 3.86. The first kappa shape index (κ1) is 8.67. The minimum Gasteiger partial charge on any atom is -0.390 e. The van der Waals surface area contributed by atoms with E-state index in [1.807, 2.05) is 0 Å². The van der Waals surface area contributed by atoms with Crippen molar-refractivity contribution in [3.8, 4) is 0 Å². The van der Waals surface area contributed by atoms with Crippen molar-refractivity contribution in [1.29, 1.82) is 0 Å². The van der Waals surface area contributed by atoms with E-state index in [0.29, 0.717) is 17.4 Å². The quantitative estimate of drug-likeness (QED) is 0.768. The summed E-state index contributed by atoms with van der Waals surface area (Å²) in [4.78, 5) is 16.1. The summed E-state index contributed by atoms with van der Waals surface area (Å²) in [5.74, 6) is 0. The Morgan fingerprint density at radius 1 is 1.53 bits per heavy atom. The first-order chi connectivity index (χ1) is 7.29. The summed E-state index contributed by atoms with van der Waals surface area (Å²) < 4.78 is 3.22. The van der Waals surface area contributed by atoms with Crippen LogP contribution >= 0.6 is 0 Å². The van der Waals surface area contributed by atoms with Gasteiger partial charge in [-0.1, -0.05) is 0 Å². The van der Waals surface area contributed by atoms with Gasteiger partial charge in [0.25, 0.3) is 0 Å². The van der Waals surface area contributed by atoms with Gasteiger partial charge >= 0.3 is 5.69 Å². The molecule has 0 amide bonds. The molecule has 2 aromatic rings. The van der Waals surface area contributed by atoms with Crippen LogP contribution in [0.5, 0.6) is 0 Å². The first-order valence-electron chi connectivity index (χ1n) is 4.99. The number of aliphatic hydroxyl groups excluding tert-OH is 1. The van der Waals surface area contributed by atoms with Gasteiger partial charge in [-0.25, -0.2) is 9.78 Å². The molecule has 5 nitrogen and oxygen atoms in total. The van der Waals surface area contributed by atoms with E-state index in [1.165, 1.54) is 4.40 Å². The summed E-state index contributed by atoms with van der Waals surface area (Å²) in [7, 11) is 0. The Morgan fingerprint density at radius 2 is 2.33 bits per heavy atom. The van der Waals surface area contributed by atoms with Crippen LogP contribution in [-0.4, -0.2) is 19.1 Å². The molecule has 1 aliphatic rings. The van der Waals surface area contributed by atoms with E-state index >= 15 is 0 Å². The maximum absolute atomic E-state index is 11.9. The van der Waals surface area contributed by atoms with Crippen LogP contribution in [0.3, 0.4) is 0 Å². The molecule has 0 saturated heterocycles. The predicted octanol–water partition coefficient (Wildman–Crippen LogP) is 0.323. The predicted molar refractivity (Wildman–Crippen MR) is 53.6 cm³/mol. The molecule has 2 aromatic heterocycles. The highest BCUT2D eigenvalue weighted by Gasteiger charge is 2.25. The summed E-state index contributed by atoms with van der Waals surface area (Å²) in [6, 6.07) is 2.17. The van der Waals surface area contributed by atoms with Crippen molar-refractivity contribution in [2.45, 2.75) is 25.5 Å². The summed E-state index contributed by atoms with van der Waals surface area (Å²) in [6.45, 7) is -0.134. The lowest BCUT2D eigenvalue weighted by Gasteiger charge is -2.02.